The molecule has 0 unspecified atom stereocenters. The van der Waals surface area contributed by atoms with Crippen molar-refractivity contribution in [2.45, 2.75) is 4.90 Å². The number of rotatable bonds is 4. The van der Waals surface area contributed by atoms with Crippen LogP contribution in [0.2, 0.25) is 5.02 Å². The minimum atomic E-state index is -4.29. The Morgan fingerprint density at radius 3 is 2.69 bits per heavy atom. The van der Waals surface area contributed by atoms with Crippen LogP contribution in [0.25, 0.3) is 10.9 Å². The number of nitro benzene ring substituents is 1. The first-order valence-corrected chi connectivity index (χ1v) is 8.94. The van der Waals surface area contributed by atoms with E-state index in [1.807, 2.05) is 6.07 Å². The van der Waals surface area contributed by atoms with Gasteiger partial charge in [0.15, 0.2) is 4.90 Å². The van der Waals surface area contributed by atoms with Crippen molar-refractivity contribution in [3.05, 3.63) is 69.4 Å². The molecule has 0 saturated carbocycles. The molecule has 0 radical (unpaired) electrons. The highest BCUT2D eigenvalue weighted by Crippen LogP contribution is 2.31. The molecule has 26 heavy (non-hydrogen) atoms. The molecule has 3 aromatic rings. The molecule has 8 nitrogen and oxygen atoms in total. The van der Waals surface area contributed by atoms with Gasteiger partial charge in [-0.1, -0.05) is 11.6 Å². The van der Waals surface area contributed by atoms with Crippen molar-refractivity contribution in [1.29, 1.82) is 5.26 Å². The summed E-state index contributed by atoms with van der Waals surface area (Å²) in [6, 6.07) is 11.3. The second-order valence-corrected chi connectivity index (χ2v) is 7.23. The summed E-state index contributed by atoms with van der Waals surface area (Å²) in [4.78, 5) is 13.9. The first-order valence-electron chi connectivity index (χ1n) is 7.08. The van der Waals surface area contributed by atoms with Crippen molar-refractivity contribution >= 4 is 43.9 Å². The molecule has 1 aromatic heterocycles. The largest absolute Gasteiger partial charge is 0.291 e. The molecule has 0 bridgehead atoms. The third kappa shape index (κ3) is 3.15. The topological polar surface area (TPSA) is 126 Å². The maximum Gasteiger partial charge on any atom is 0.291 e. The average molecular weight is 389 g/mol. The number of pyridine rings is 1. The fraction of sp³-hybridized carbons (Fsp3) is 0. The summed E-state index contributed by atoms with van der Waals surface area (Å²) in [6.07, 6.45) is 1.45. The molecule has 0 aliphatic rings. The second-order valence-electron chi connectivity index (χ2n) is 5.15. The number of nitriles is 1. The van der Waals surface area contributed by atoms with Crippen LogP contribution in [0.4, 0.5) is 11.4 Å². The standard InChI is InChI=1S/C16H9ClN4O4S/c17-11-4-6-15(14(8-11)21(22)23)26(24,25)20-13-5-3-10(9-18)12-2-1-7-19-16(12)13/h1-8,20H. The van der Waals surface area contributed by atoms with Crippen LogP contribution in [0.5, 0.6) is 0 Å². The zero-order valence-corrected chi connectivity index (χ0v) is 14.5. The van der Waals surface area contributed by atoms with Gasteiger partial charge < -0.3 is 0 Å². The molecule has 1 heterocycles. The lowest BCUT2D eigenvalue weighted by molar-refractivity contribution is -0.387. The van der Waals surface area contributed by atoms with Crippen LogP contribution in [0, 0.1) is 21.4 Å². The Balaban J connectivity index is 2.14. The fourth-order valence-corrected chi connectivity index (χ4v) is 3.80. The highest BCUT2D eigenvalue weighted by molar-refractivity contribution is 7.92. The van der Waals surface area contributed by atoms with Crippen molar-refractivity contribution < 1.29 is 13.3 Å². The Labute approximate surface area is 152 Å². The highest BCUT2D eigenvalue weighted by Gasteiger charge is 2.27. The molecule has 2 aromatic carbocycles. The lowest BCUT2D eigenvalue weighted by Crippen LogP contribution is -2.15. The number of anilines is 1. The molecule has 0 spiro atoms. The van der Waals surface area contributed by atoms with Crippen LogP contribution in [0.3, 0.4) is 0 Å². The van der Waals surface area contributed by atoms with Gasteiger partial charge >= 0.3 is 0 Å². The van der Waals surface area contributed by atoms with E-state index in [1.165, 1.54) is 24.4 Å². The van der Waals surface area contributed by atoms with Crippen molar-refractivity contribution in [1.82, 2.24) is 4.98 Å². The van der Waals surface area contributed by atoms with E-state index in [-0.39, 0.29) is 16.2 Å². The third-order valence-corrected chi connectivity index (χ3v) is 5.19. The SMILES string of the molecule is N#Cc1ccc(NS(=O)(=O)c2ccc(Cl)cc2[N+](=O)[O-])c2ncccc12. The first-order chi connectivity index (χ1) is 12.3. The smallest absolute Gasteiger partial charge is 0.277 e. The predicted molar refractivity (Wildman–Crippen MR) is 95.4 cm³/mol. The summed E-state index contributed by atoms with van der Waals surface area (Å²) in [5.74, 6) is 0. The maximum absolute atomic E-state index is 12.7. The van der Waals surface area contributed by atoms with Crippen molar-refractivity contribution in [2.24, 2.45) is 0 Å². The number of hydrogen-bond acceptors (Lipinski definition) is 6. The summed E-state index contributed by atoms with van der Waals surface area (Å²) < 4.78 is 27.7. The number of hydrogen-bond donors (Lipinski definition) is 1. The Bertz CT molecular complexity index is 1190. The summed E-state index contributed by atoms with van der Waals surface area (Å²) >= 11 is 5.72. The van der Waals surface area contributed by atoms with Gasteiger partial charge in [0.1, 0.15) is 0 Å². The van der Waals surface area contributed by atoms with Gasteiger partial charge in [-0.25, -0.2) is 8.42 Å². The molecule has 0 amide bonds. The minimum Gasteiger partial charge on any atom is -0.277 e. The van der Waals surface area contributed by atoms with Gasteiger partial charge in [-0.05, 0) is 36.4 Å². The van der Waals surface area contributed by atoms with Gasteiger partial charge in [0.2, 0.25) is 0 Å². The van der Waals surface area contributed by atoms with Crippen LogP contribution < -0.4 is 4.72 Å². The van der Waals surface area contributed by atoms with Crippen molar-refractivity contribution in [2.75, 3.05) is 4.72 Å². The van der Waals surface area contributed by atoms with E-state index in [1.54, 1.807) is 12.1 Å². The van der Waals surface area contributed by atoms with Crippen LogP contribution in [-0.4, -0.2) is 18.3 Å². The molecule has 130 valence electrons. The number of benzene rings is 2. The molecular formula is C16H9ClN4O4S. The lowest BCUT2D eigenvalue weighted by atomic mass is 10.1. The van der Waals surface area contributed by atoms with E-state index in [4.69, 9.17) is 16.9 Å². The average Bonchev–Trinajstić information content (AvgIpc) is 2.61. The molecule has 0 aliphatic carbocycles. The van der Waals surface area contributed by atoms with E-state index in [9.17, 15) is 18.5 Å². The van der Waals surface area contributed by atoms with Crippen LogP contribution in [0.15, 0.2) is 53.6 Å². The normalized spacial score (nSPS) is 11.1. The lowest BCUT2D eigenvalue weighted by Gasteiger charge is -2.11. The van der Waals surface area contributed by atoms with Crippen molar-refractivity contribution in [3.63, 3.8) is 0 Å². The van der Waals surface area contributed by atoms with Crippen LogP contribution in [0.1, 0.15) is 5.56 Å². The van der Waals surface area contributed by atoms with Gasteiger partial charge in [-0.3, -0.25) is 19.8 Å². The molecule has 0 fully saturated rings. The maximum atomic E-state index is 12.7. The Kier molecular flexibility index (Phi) is 4.46. The summed E-state index contributed by atoms with van der Waals surface area (Å²) in [6.45, 7) is 0. The molecule has 10 heteroatoms. The zero-order valence-electron chi connectivity index (χ0n) is 12.9. The number of sulfonamides is 1. The summed E-state index contributed by atoms with van der Waals surface area (Å²) in [7, 11) is -4.29. The highest BCUT2D eigenvalue weighted by atomic mass is 35.5. The zero-order chi connectivity index (χ0) is 18.9. The van der Waals surface area contributed by atoms with Crippen LogP contribution in [-0.2, 0) is 10.0 Å². The number of nitro groups is 1. The number of aromatic nitrogens is 1. The van der Waals surface area contributed by atoms with E-state index in [0.29, 0.717) is 10.9 Å². The Hall–Kier alpha value is -3.22. The summed E-state index contributed by atoms with van der Waals surface area (Å²) in [5.41, 5.74) is 0.0417. The molecule has 0 saturated heterocycles. The monoisotopic (exact) mass is 388 g/mol. The molecule has 0 atom stereocenters. The number of halogens is 1. The van der Waals surface area contributed by atoms with E-state index in [2.05, 4.69) is 9.71 Å². The van der Waals surface area contributed by atoms with E-state index < -0.39 is 25.5 Å². The molecule has 3 rings (SSSR count). The Morgan fingerprint density at radius 1 is 1.23 bits per heavy atom. The van der Waals surface area contributed by atoms with Gasteiger partial charge in [0.25, 0.3) is 15.7 Å². The summed E-state index contributed by atoms with van der Waals surface area (Å²) in [5, 5.41) is 20.8. The van der Waals surface area contributed by atoms with Crippen LogP contribution >= 0.6 is 11.6 Å². The van der Waals surface area contributed by atoms with Gasteiger partial charge in [0, 0.05) is 22.7 Å². The van der Waals surface area contributed by atoms with Crippen molar-refractivity contribution in [3.8, 4) is 6.07 Å². The second kappa shape index (κ2) is 6.59. The van der Waals surface area contributed by atoms with E-state index >= 15 is 0 Å². The predicted octanol–water partition coefficient (Wildman–Crippen LogP) is 3.47. The fourth-order valence-electron chi connectivity index (χ4n) is 2.41. The molecule has 0 aliphatic heterocycles. The van der Waals surface area contributed by atoms with Gasteiger partial charge in [-0.2, -0.15) is 5.26 Å². The van der Waals surface area contributed by atoms with Gasteiger partial charge in [0.05, 0.1) is 27.8 Å². The van der Waals surface area contributed by atoms with Gasteiger partial charge in [-0.15, -0.1) is 0 Å². The quantitative estimate of drug-likeness (QED) is 0.538. The molecule has 1 N–H and O–H groups in total. The number of fused-ring (bicyclic) bond motifs is 1. The Morgan fingerprint density at radius 2 is 2.00 bits per heavy atom. The third-order valence-electron chi connectivity index (χ3n) is 3.54. The molecular weight excluding hydrogens is 380 g/mol. The minimum absolute atomic E-state index is 0.0427. The first kappa shape index (κ1) is 17.6. The van der Waals surface area contributed by atoms with E-state index in [0.717, 1.165) is 12.1 Å². The number of nitrogens with zero attached hydrogens (tertiary/aromatic N) is 3. The number of nitrogens with one attached hydrogen (secondary N) is 1.